The van der Waals surface area contributed by atoms with Crippen molar-refractivity contribution in [3.8, 4) is 0 Å². The van der Waals surface area contributed by atoms with Gasteiger partial charge in [0.1, 0.15) is 18.2 Å². The predicted molar refractivity (Wildman–Crippen MR) is 102 cm³/mol. The number of piperidine rings is 1. The molecule has 1 saturated carbocycles. The molecule has 1 aliphatic carbocycles. The first-order valence-electron chi connectivity index (χ1n) is 10.1. The van der Waals surface area contributed by atoms with E-state index in [-0.39, 0.29) is 11.8 Å². The van der Waals surface area contributed by atoms with Crippen LogP contribution >= 0.6 is 0 Å². The molecular weight excluding hydrogens is 433 g/mol. The number of hydrogen-bond donors (Lipinski definition) is 2. The fourth-order valence-corrected chi connectivity index (χ4v) is 4.48. The lowest BCUT2D eigenvalue weighted by Crippen LogP contribution is -2.48. The standard InChI is InChI=1S/C19H24FN3O9/c1-19(20)14(26)11(7-24)32-16(19)21-4-3-12(25)23(17(21)28)8-31-15(27)13-10-5-9(10)6-22(13)18(29)30-2/h3-4,9-11,13-14,16,24,26H,5-8H2,1-2H3/t9?,10?,11-,13?,14-,16-,19-/m1/s1. The summed E-state index contributed by atoms with van der Waals surface area (Å²) in [4.78, 5) is 50.9. The van der Waals surface area contributed by atoms with Crippen LogP contribution in [0.5, 0.6) is 0 Å². The molecule has 2 aliphatic heterocycles. The van der Waals surface area contributed by atoms with Crippen LogP contribution in [0.2, 0.25) is 0 Å². The molecule has 176 valence electrons. The number of alkyl halides is 1. The molecule has 3 heterocycles. The minimum atomic E-state index is -2.44. The number of halogens is 1. The van der Waals surface area contributed by atoms with Gasteiger partial charge < -0.3 is 24.4 Å². The van der Waals surface area contributed by atoms with E-state index in [1.807, 2.05) is 0 Å². The summed E-state index contributed by atoms with van der Waals surface area (Å²) in [5.41, 5.74) is -4.29. The first kappa shape index (κ1) is 22.4. The van der Waals surface area contributed by atoms with E-state index in [1.165, 1.54) is 12.0 Å². The van der Waals surface area contributed by atoms with Crippen molar-refractivity contribution >= 4 is 12.1 Å². The van der Waals surface area contributed by atoms with Gasteiger partial charge in [0.05, 0.1) is 13.7 Å². The maximum Gasteiger partial charge on any atom is 0.410 e. The maximum absolute atomic E-state index is 15.1. The normalized spacial score (nSPS) is 35.5. The molecule has 13 heteroatoms. The van der Waals surface area contributed by atoms with E-state index >= 15 is 4.39 Å². The van der Waals surface area contributed by atoms with Crippen molar-refractivity contribution in [3.63, 3.8) is 0 Å². The number of ether oxygens (including phenoxy) is 3. The van der Waals surface area contributed by atoms with E-state index in [9.17, 15) is 29.4 Å². The molecule has 0 radical (unpaired) electrons. The lowest BCUT2D eigenvalue weighted by molar-refractivity contribution is -0.153. The largest absolute Gasteiger partial charge is 0.453 e. The van der Waals surface area contributed by atoms with Gasteiger partial charge in [-0.1, -0.05) is 0 Å². The number of nitrogens with zero attached hydrogens (tertiary/aromatic N) is 3. The molecule has 1 aromatic heterocycles. The van der Waals surface area contributed by atoms with Crippen molar-refractivity contribution in [1.82, 2.24) is 14.0 Å². The average Bonchev–Trinajstić information content (AvgIpc) is 3.36. The summed E-state index contributed by atoms with van der Waals surface area (Å²) < 4.78 is 31.5. The minimum absolute atomic E-state index is 0.0678. The number of aromatic nitrogens is 2. The molecule has 12 nitrogen and oxygen atoms in total. The van der Waals surface area contributed by atoms with Crippen LogP contribution in [0.15, 0.2) is 21.9 Å². The summed E-state index contributed by atoms with van der Waals surface area (Å²) in [6.45, 7) is -0.0729. The lowest BCUT2D eigenvalue weighted by atomic mass is 9.98. The van der Waals surface area contributed by atoms with Gasteiger partial charge in [-0.15, -0.1) is 0 Å². The summed E-state index contributed by atoms with van der Waals surface area (Å²) in [5.74, 6) is -0.678. The highest BCUT2D eigenvalue weighted by molar-refractivity contribution is 5.83. The molecule has 1 amide bonds. The van der Waals surface area contributed by atoms with Gasteiger partial charge in [-0.2, -0.15) is 0 Å². The monoisotopic (exact) mass is 457 g/mol. The summed E-state index contributed by atoms with van der Waals surface area (Å²) in [5, 5.41) is 19.3. The second-order valence-corrected chi connectivity index (χ2v) is 8.40. The molecular formula is C19H24FN3O9. The van der Waals surface area contributed by atoms with E-state index < -0.39 is 66.8 Å². The smallest absolute Gasteiger partial charge is 0.410 e. The molecule has 0 bridgehead atoms. The first-order valence-corrected chi connectivity index (χ1v) is 10.1. The van der Waals surface area contributed by atoms with Crippen molar-refractivity contribution in [2.45, 2.75) is 50.2 Å². The Hall–Kier alpha value is -2.77. The van der Waals surface area contributed by atoms with Gasteiger partial charge >= 0.3 is 17.8 Å². The van der Waals surface area contributed by atoms with Gasteiger partial charge in [0, 0.05) is 18.8 Å². The zero-order valence-corrected chi connectivity index (χ0v) is 17.4. The minimum Gasteiger partial charge on any atom is -0.453 e. The number of fused-ring (bicyclic) bond motifs is 1. The van der Waals surface area contributed by atoms with Gasteiger partial charge in [-0.25, -0.2) is 23.3 Å². The molecule has 7 atom stereocenters. The van der Waals surface area contributed by atoms with Crippen LogP contribution in [-0.2, 0) is 25.7 Å². The summed E-state index contributed by atoms with van der Waals surface area (Å²) >= 11 is 0. The first-order chi connectivity index (χ1) is 15.1. The Morgan fingerprint density at radius 3 is 2.72 bits per heavy atom. The van der Waals surface area contributed by atoms with Crippen LogP contribution < -0.4 is 11.2 Å². The fourth-order valence-electron chi connectivity index (χ4n) is 4.48. The molecule has 3 fully saturated rings. The highest BCUT2D eigenvalue weighted by Gasteiger charge is 2.58. The molecule has 3 unspecified atom stereocenters. The van der Waals surface area contributed by atoms with Gasteiger partial charge in [-0.3, -0.25) is 14.3 Å². The van der Waals surface area contributed by atoms with Crippen LogP contribution in [0, 0.1) is 11.8 Å². The number of likely N-dealkylation sites (tertiary alicyclic amines) is 1. The highest BCUT2D eigenvalue weighted by atomic mass is 19.1. The van der Waals surface area contributed by atoms with Crippen molar-refractivity contribution < 1.29 is 38.4 Å². The molecule has 0 spiro atoms. The quantitative estimate of drug-likeness (QED) is 0.508. The second kappa shape index (κ2) is 7.98. The van der Waals surface area contributed by atoms with Crippen LogP contribution in [-0.4, -0.2) is 80.5 Å². The Morgan fingerprint density at radius 1 is 1.38 bits per heavy atom. The Balaban J connectivity index is 1.54. The third kappa shape index (κ3) is 3.49. The SMILES string of the molecule is COC(=O)N1CC2CC2C1C(=O)OCn1c(=O)ccn([C@@H]2O[C@H](CO)[C@@H](O)[C@@]2(C)F)c1=O. The number of methoxy groups -OCH3 is 1. The maximum atomic E-state index is 15.1. The number of amides is 1. The predicted octanol–water partition coefficient (Wildman–Crippen LogP) is -1.42. The molecule has 4 rings (SSSR count). The van der Waals surface area contributed by atoms with Crippen molar-refractivity contribution in [2.75, 3.05) is 20.3 Å². The molecule has 3 aliphatic rings. The number of esters is 1. The van der Waals surface area contributed by atoms with E-state index in [2.05, 4.69) is 4.74 Å². The number of rotatable bonds is 5. The average molecular weight is 457 g/mol. The summed E-state index contributed by atoms with van der Waals surface area (Å²) in [6, 6.07) is 0.0856. The second-order valence-electron chi connectivity index (χ2n) is 8.40. The Kier molecular flexibility index (Phi) is 5.59. The fraction of sp³-hybridized carbons (Fsp3) is 0.684. The van der Waals surface area contributed by atoms with Crippen molar-refractivity contribution in [3.05, 3.63) is 33.1 Å². The highest BCUT2D eigenvalue weighted by Crippen LogP contribution is 2.50. The van der Waals surface area contributed by atoms with Gasteiger partial charge in [0.15, 0.2) is 18.6 Å². The van der Waals surface area contributed by atoms with E-state index in [0.29, 0.717) is 11.1 Å². The molecule has 2 saturated heterocycles. The van der Waals surface area contributed by atoms with Gasteiger partial charge in [-0.05, 0) is 25.2 Å². The van der Waals surface area contributed by atoms with E-state index in [0.717, 1.165) is 30.2 Å². The number of aliphatic hydroxyl groups is 2. The van der Waals surface area contributed by atoms with Crippen LogP contribution in [0.1, 0.15) is 19.6 Å². The third-order valence-corrected chi connectivity index (χ3v) is 6.38. The number of carbonyl (C=O) groups excluding carboxylic acids is 2. The number of carbonyl (C=O) groups is 2. The zero-order chi connectivity index (χ0) is 23.4. The van der Waals surface area contributed by atoms with E-state index in [1.54, 1.807) is 0 Å². The van der Waals surface area contributed by atoms with Crippen LogP contribution in [0.3, 0.4) is 0 Å². The van der Waals surface area contributed by atoms with Gasteiger partial charge in [0.25, 0.3) is 5.56 Å². The lowest BCUT2D eigenvalue weighted by Gasteiger charge is -2.26. The Labute approximate surface area is 180 Å². The summed E-state index contributed by atoms with van der Waals surface area (Å²) in [6.07, 6.45) is -3.51. The van der Waals surface area contributed by atoms with Gasteiger partial charge in [0.2, 0.25) is 0 Å². The number of hydrogen-bond acceptors (Lipinski definition) is 9. The van der Waals surface area contributed by atoms with E-state index in [4.69, 9.17) is 9.47 Å². The van der Waals surface area contributed by atoms with Crippen LogP contribution in [0.25, 0.3) is 0 Å². The van der Waals surface area contributed by atoms with Crippen molar-refractivity contribution in [1.29, 1.82) is 0 Å². The van der Waals surface area contributed by atoms with Crippen LogP contribution in [0.4, 0.5) is 9.18 Å². The Bertz CT molecular complexity index is 1040. The molecule has 2 N–H and O–H groups in total. The molecule has 32 heavy (non-hydrogen) atoms. The molecule has 0 aromatic carbocycles. The van der Waals surface area contributed by atoms with Crippen molar-refractivity contribution in [2.24, 2.45) is 11.8 Å². The Morgan fingerprint density at radius 2 is 2.09 bits per heavy atom. The third-order valence-electron chi connectivity index (χ3n) is 6.38. The topological polar surface area (TPSA) is 150 Å². The number of aliphatic hydroxyl groups excluding tert-OH is 2. The zero-order valence-electron chi connectivity index (χ0n) is 17.4. The summed E-state index contributed by atoms with van der Waals surface area (Å²) in [7, 11) is 1.20. The molecule has 1 aromatic rings.